The minimum atomic E-state index is 0.433. The van der Waals surface area contributed by atoms with E-state index in [0.717, 1.165) is 21.2 Å². The third-order valence-corrected chi connectivity index (χ3v) is 3.74. The van der Waals surface area contributed by atoms with Gasteiger partial charge in [0.2, 0.25) is 12.4 Å². The van der Waals surface area contributed by atoms with E-state index in [9.17, 15) is 10.5 Å². The third-order valence-electron chi connectivity index (χ3n) is 3.51. The maximum atomic E-state index is 9.58. The topological polar surface area (TPSA) is 72.9 Å². The summed E-state index contributed by atoms with van der Waals surface area (Å²) in [5, 5.41) is 20.6. The summed E-state index contributed by atoms with van der Waals surface area (Å²) >= 11 is 6.05. The first-order valence-corrected chi connectivity index (χ1v) is 8.17. The van der Waals surface area contributed by atoms with Crippen molar-refractivity contribution in [2.45, 2.75) is 13.8 Å². The van der Waals surface area contributed by atoms with E-state index < -0.39 is 0 Å². The first-order valence-electron chi connectivity index (χ1n) is 7.79. The first kappa shape index (κ1) is 18.4. The van der Waals surface area contributed by atoms with Gasteiger partial charge >= 0.3 is 0 Å². The van der Waals surface area contributed by atoms with Gasteiger partial charge < -0.3 is 9.72 Å². The lowest BCUT2D eigenvalue weighted by Crippen LogP contribution is -2.28. The summed E-state index contributed by atoms with van der Waals surface area (Å²) in [5.74, 6) is 0.556. The van der Waals surface area contributed by atoms with Crippen molar-refractivity contribution in [3.63, 3.8) is 0 Å². The Bertz CT molecular complexity index is 955. The highest BCUT2D eigenvalue weighted by Crippen LogP contribution is 2.29. The number of benzene rings is 1. The maximum absolute atomic E-state index is 9.58. The van der Waals surface area contributed by atoms with Crippen molar-refractivity contribution >= 4 is 34.2 Å². The summed E-state index contributed by atoms with van der Waals surface area (Å²) in [4.78, 5) is 3.12. The largest absolute Gasteiger partial charge is 0.496 e. The fraction of sp³-hybridized carbons (Fsp3) is 0.158. The van der Waals surface area contributed by atoms with Crippen LogP contribution in [0.4, 0.5) is 0 Å². The van der Waals surface area contributed by atoms with E-state index in [1.807, 2.05) is 26.0 Å². The number of halogens is 1. The number of rotatable bonds is 3. The van der Waals surface area contributed by atoms with Crippen LogP contribution in [0, 0.1) is 11.3 Å². The molecule has 2 heterocycles. The smallest absolute Gasteiger partial charge is 0.233 e. The van der Waals surface area contributed by atoms with Crippen LogP contribution in [-0.4, -0.2) is 17.3 Å². The molecule has 2 aromatic heterocycles. The molecule has 2 N–H and O–H groups in total. The number of pyridine rings is 1. The molecule has 3 rings (SSSR count). The zero-order chi connectivity index (χ0) is 18.4. The zero-order valence-corrected chi connectivity index (χ0v) is 15.0. The summed E-state index contributed by atoms with van der Waals surface area (Å²) in [5.41, 5.74) is 2.65. The summed E-state index contributed by atoms with van der Waals surface area (Å²) in [6.07, 6.45) is 6.35. The average molecular weight is 357 g/mol. The molecule has 25 heavy (non-hydrogen) atoms. The van der Waals surface area contributed by atoms with Gasteiger partial charge in [0.05, 0.1) is 24.3 Å². The molecule has 0 bridgehead atoms. The molecule has 0 saturated heterocycles. The molecule has 3 aromatic rings. The van der Waals surface area contributed by atoms with Gasteiger partial charge in [-0.15, -0.1) is 0 Å². The number of nitrogens with one attached hydrogen (secondary N) is 1. The number of hydrogen-bond donors (Lipinski definition) is 2. The molecule has 0 unspecified atom stereocenters. The minimum Gasteiger partial charge on any atom is -0.496 e. The minimum absolute atomic E-state index is 0.433. The van der Waals surface area contributed by atoms with Gasteiger partial charge in [-0.2, -0.15) is 5.26 Å². The van der Waals surface area contributed by atoms with Crippen molar-refractivity contribution in [1.29, 1.82) is 5.26 Å². The van der Waals surface area contributed by atoms with E-state index in [-0.39, 0.29) is 0 Å². The van der Waals surface area contributed by atoms with Gasteiger partial charge in [-0.25, -0.2) is 0 Å². The molecule has 128 valence electrons. The second-order valence-corrected chi connectivity index (χ2v) is 5.35. The number of hydrogen-bond acceptors (Lipinski definition) is 3. The molecular formula is C19H19ClN3O2+. The normalized spacial score (nSPS) is 10.8. The van der Waals surface area contributed by atoms with E-state index in [2.05, 4.69) is 11.1 Å². The molecule has 0 spiro atoms. The van der Waals surface area contributed by atoms with Crippen molar-refractivity contribution < 1.29 is 14.7 Å². The number of fused-ring (bicyclic) bond motifs is 1. The molecular weight excluding hydrogens is 338 g/mol. The lowest BCUT2D eigenvalue weighted by atomic mass is 10.0. The van der Waals surface area contributed by atoms with E-state index >= 15 is 0 Å². The van der Waals surface area contributed by atoms with E-state index in [1.54, 1.807) is 24.4 Å². The monoisotopic (exact) mass is 356 g/mol. The fourth-order valence-corrected chi connectivity index (χ4v) is 2.60. The highest BCUT2D eigenvalue weighted by Gasteiger charge is 2.13. The number of allylic oxidation sites excluding steroid dienone is 1. The van der Waals surface area contributed by atoms with Crippen molar-refractivity contribution in [2.75, 3.05) is 7.11 Å². The number of aromatic amines is 1. The highest BCUT2D eigenvalue weighted by atomic mass is 35.5. The third kappa shape index (κ3) is 3.93. The molecule has 5 nitrogen and oxygen atoms in total. The summed E-state index contributed by atoms with van der Waals surface area (Å²) in [6.45, 7) is 4.00. The van der Waals surface area contributed by atoms with E-state index in [4.69, 9.17) is 16.3 Å². The Morgan fingerprint density at radius 1 is 1.36 bits per heavy atom. The van der Waals surface area contributed by atoms with Crippen molar-refractivity contribution in [3.8, 4) is 11.8 Å². The Hall–Kier alpha value is -2.97. The second kappa shape index (κ2) is 8.22. The fourth-order valence-electron chi connectivity index (χ4n) is 2.43. The van der Waals surface area contributed by atoms with Crippen molar-refractivity contribution in [3.05, 3.63) is 59.0 Å². The number of ether oxygens (including phenoxy) is 1. The Kier molecular flexibility index (Phi) is 6.04. The predicted molar refractivity (Wildman–Crippen MR) is 98.5 cm³/mol. The summed E-state index contributed by atoms with van der Waals surface area (Å²) < 4.78 is 6.17. The van der Waals surface area contributed by atoms with Crippen molar-refractivity contribution in [1.82, 2.24) is 4.98 Å². The van der Waals surface area contributed by atoms with Crippen LogP contribution in [-0.2, 0) is 0 Å². The zero-order valence-electron chi connectivity index (χ0n) is 14.2. The molecule has 0 amide bonds. The number of H-pyrrole nitrogens is 1. The first-order chi connectivity index (χ1) is 12.1. The van der Waals surface area contributed by atoms with Crippen LogP contribution >= 0.6 is 11.6 Å². The highest BCUT2D eigenvalue weighted by molar-refractivity contribution is 6.31. The van der Waals surface area contributed by atoms with E-state index in [0.29, 0.717) is 21.9 Å². The Morgan fingerprint density at radius 2 is 2.12 bits per heavy atom. The van der Waals surface area contributed by atoms with Crippen LogP contribution in [0.2, 0.25) is 5.02 Å². The van der Waals surface area contributed by atoms with Crippen LogP contribution in [0.25, 0.3) is 22.6 Å². The predicted octanol–water partition coefficient (Wildman–Crippen LogP) is 4.45. The number of aromatic nitrogens is 2. The van der Waals surface area contributed by atoms with Gasteiger partial charge in [-0.1, -0.05) is 25.4 Å². The molecule has 0 aliphatic heterocycles. The molecule has 0 fully saturated rings. The van der Waals surface area contributed by atoms with Gasteiger partial charge in [-0.3, -0.25) is 5.21 Å². The second-order valence-electron chi connectivity index (χ2n) is 4.91. The van der Waals surface area contributed by atoms with Gasteiger partial charge in [0.15, 0.2) is 0 Å². The quantitative estimate of drug-likeness (QED) is 0.414. The molecule has 0 saturated carbocycles. The summed E-state index contributed by atoms with van der Waals surface area (Å²) in [7, 11) is 1.53. The summed E-state index contributed by atoms with van der Waals surface area (Å²) in [6, 6.07) is 9.26. The molecule has 6 heteroatoms. The molecule has 0 aliphatic rings. The number of methoxy groups -OCH3 is 1. The molecule has 0 aliphatic carbocycles. The number of nitrogens with zero attached hydrogens (tertiary/aromatic N) is 2. The van der Waals surface area contributed by atoms with Crippen LogP contribution in [0.5, 0.6) is 5.75 Å². The Labute approximate surface area is 151 Å². The molecule has 1 aromatic carbocycles. The van der Waals surface area contributed by atoms with Crippen LogP contribution in [0.3, 0.4) is 0 Å². The van der Waals surface area contributed by atoms with Gasteiger partial charge in [0.1, 0.15) is 5.75 Å². The Balaban J connectivity index is 0.00000109. The van der Waals surface area contributed by atoms with Crippen LogP contribution < -0.4 is 9.47 Å². The number of nitriles is 1. The lowest BCUT2D eigenvalue weighted by molar-refractivity contribution is -0.904. The lowest BCUT2D eigenvalue weighted by Gasteiger charge is -2.03. The van der Waals surface area contributed by atoms with Crippen molar-refractivity contribution in [2.24, 2.45) is 0 Å². The van der Waals surface area contributed by atoms with Gasteiger partial charge in [0.25, 0.3) is 0 Å². The van der Waals surface area contributed by atoms with Crippen LogP contribution in [0.1, 0.15) is 25.0 Å². The SMILES string of the molecule is CC.COc1cc[n+](O)cc1/C=C(\C#N)c1c[nH]c2ccc(Cl)cc12. The van der Waals surface area contributed by atoms with Gasteiger partial charge in [-0.05, 0) is 24.3 Å². The average Bonchev–Trinajstić information content (AvgIpc) is 3.04. The van der Waals surface area contributed by atoms with Gasteiger partial charge in [0, 0.05) is 38.5 Å². The molecule has 0 radical (unpaired) electrons. The molecule has 0 atom stereocenters. The standard InChI is InChI=1S/C17H13ClN3O2.C2H6/c1-23-17-4-5-21(22)10-12(17)6-11(8-19)15-9-20-16-3-2-13(18)7-14(15)16;1-2/h2-7,9-10,20,22H,1H3;1-2H3/q+1;/b11-6+;. The van der Waals surface area contributed by atoms with E-state index in [1.165, 1.54) is 19.5 Å². The maximum Gasteiger partial charge on any atom is 0.233 e. The van der Waals surface area contributed by atoms with Crippen LogP contribution in [0.15, 0.2) is 42.9 Å². The Morgan fingerprint density at radius 3 is 2.80 bits per heavy atom.